The number of hydrogen-bond acceptors (Lipinski definition) is 9. The average Bonchev–Trinajstić information content (AvgIpc) is 2.85. The zero-order valence-electron chi connectivity index (χ0n) is 15.1. The van der Waals surface area contributed by atoms with E-state index in [0.29, 0.717) is 10.8 Å². The Hall–Kier alpha value is -0.340. The number of nitrogens with zero attached hydrogens (tertiary/aromatic N) is 1. The van der Waals surface area contributed by atoms with Gasteiger partial charge in [-0.3, -0.25) is 18.9 Å². The van der Waals surface area contributed by atoms with Gasteiger partial charge in [0, 0.05) is 0 Å². The van der Waals surface area contributed by atoms with E-state index in [2.05, 4.69) is 21.7 Å². The number of aromatic nitrogens is 2. The predicted molar refractivity (Wildman–Crippen MR) is 103 cm³/mol. The molecule has 1 fully saturated rings. The smallest absolute Gasteiger partial charge is 0.388 e. The van der Waals surface area contributed by atoms with Crippen molar-refractivity contribution in [3.05, 3.63) is 32.9 Å². The standard InChI is InChI=1S/C10H15ClF2N2O13P4/c11-10(3-12)6(16)5(26-8(10)15-1-4(13)7(17)14-9(15)18)2-25-30(19,20)27-31(21,22)28-32(23,24)29/h1,5-6,8,16,23-24,29H,2-3H2,(H,19,20)(H,21,22)(H,14,17,18)/t5-,6+,8-,10?/m1/s1. The fourth-order valence-electron chi connectivity index (χ4n) is 2.50. The Morgan fingerprint density at radius 2 is 1.84 bits per heavy atom. The molecule has 184 valence electrons. The lowest BCUT2D eigenvalue weighted by molar-refractivity contribution is -0.0470. The first kappa shape index (κ1) is 27.9. The van der Waals surface area contributed by atoms with Crippen LogP contribution < -0.4 is 11.2 Å². The van der Waals surface area contributed by atoms with E-state index in [-0.39, 0.29) is 0 Å². The maximum Gasteiger partial charge on any atom is 0.488 e. The summed E-state index contributed by atoms with van der Waals surface area (Å²) in [5, 5.41) is 10.3. The molecule has 1 aromatic rings. The Labute approximate surface area is 183 Å². The summed E-state index contributed by atoms with van der Waals surface area (Å²) in [6.45, 7) is -2.76. The van der Waals surface area contributed by atoms with Gasteiger partial charge in [-0.25, -0.2) is 22.6 Å². The van der Waals surface area contributed by atoms with Crippen molar-refractivity contribution in [1.82, 2.24) is 9.55 Å². The van der Waals surface area contributed by atoms with E-state index in [1.807, 2.05) is 0 Å². The van der Waals surface area contributed by atoms with Crippen molar-refractivity contribution >= 4 is 43.0 Å². The van der Waals surface area contributed by atoms with Crippen molar-refractivity contribution in [2.24, 2.45) is 0 Å². The van der Waals surface area contributed by atoms with Crippen LogP contribution in [0.1, 0.15) is 6.23 Å². The van der Waals surface area contributed by atoms with Gasteiger partial charge in [0.05, 0.1) is 12.8 Å². The Bertz CT molecular complexity index is 1120. The summed E-state index contributed by atoms with van der Waals surface area (Å²) in [7, 11) is -13.5. The molecule has 0 aromatic carbocycles. The van der Waals surface area contributed by atoms with Gasteiger partial charge >= 0.3 is 21.3 Å². The van der Waals surface area contributed by atoms with Gasteiger partial charge in [-0.1, -0.05) is 0 Å². The third kappa shape index (κ3) is 6.62. The van der Waals surface area contributed by atoms with Crippen molar-refractivity contribution in [2.45, 2.75) is 23.3 Å². The van der Waals surface area contributed by atoms with Crippen LogP contribution in [0.15, 0.2) is 15.8 Å². The molecule has 0 saturated carbocycles. The molecule has 2 rings (SSSR count). The largest absolute Gasteiger partial charge is 0.488 e. The van der Waals surface area contributed by atoms with Crippen LogP contribution in [0.25, 0.3) is 0 Å². The van der Waals surface area contributed by atoms with E-state index in [4.69, 9.17) is 26.1 Å². The fourth-order valence-corrected chi connectivity index (χ4v) is 6.83. The lowest BCUT2D eigenvalue weighted by atomic mass is 10.00. The average molecular weight is 569 g/mol. The summed E-state index contributed by atoms with van der Waals surface area (Å²) in [5.41, 5.74) is -2.70. The van der Waals surface area contributed by atoms with Gasteiger partial charge < -0.3 is 29.4 Å². The number of ether oxygens (including phenoxy) is 1. The number of alkyl halides is 2. The summed E-state index contributed by atoms with van der Waals surface area (Å²) in [6, 6.07) is 0. The molecule has 1 aliphatic rings. The first-order valence-electron chi connectivity index (χ1n) is 7.82. The molecule has 1 aliphatic heterocycles. The first-order valence-corrected chi connectivity index (χ1v) is 14.1. The number of phosphoric acid groups is 2. The Kier molecular flexibility index (Phi) is 8.48. The number of phosphoric ester groups is 1. The lowest BCUT2D eigenvalue weighted by Gasteiger charge is -2.27. The van der Waals surface area contributed by atoms with E-state index in [9.17, 15) is 42.4 Å². The maximum atomic E-state index is 13.6. The Morgan fingerprint density at radius 1 is 1.25 bits per heavy atom. The van der Waals surface area contributed by atoms with Crippen LogP contribution in [0.5, 0.6) is 0 Å². The third-order valence-electron chi connectivity index (χ3n) is 3.77. The number of hydrogen-bond donors (Lipinski definition) is 6. The monoisotopic (exact) mass is 568 g/mol. The number of H-pyrrole nitrogens is 1. The van der Waals surface area contributed by atoms with Gasteiger partial charge in [0.15, 0.2) is 6.23 Å². The normalized spacial score (nSPS) is 30.1. The van der Waals surface area contributed by atoms with Crippen LogP contribution in [-0.2, 0) is 27.0 Å². The minimum atomic E-state index is -5.57. The van der Waals surface area contributed by atoms with E-state index in [1.54, 1.807) is 4.98 Å². The van der Waals surface area contributed by atoms with Crippen molar-refractivity contribution in [3.63, 3.8) is 0 Å². The summed E-state index contributed by atoms with van der Waals surface area (Å²) >= 11 is 5.99. The van der Waals surface area contributed by atoms with E-state index >= 15 is 0 Å². The molecule has 22 heteroatoms. The quantitative estimate of drug-likeness (QED) is 0.170. The number of aromatic amines is 1. The number of rotatable bonds is 9. The van der Waals surface area contributed by atoms with Crippen molar-refractivity contribution in [2.75, 3.05) is 13.3 Å². The summed E-state index contributed by atoms with van der Waals surface area (Å²) in [5.74, 6) is -1.48. The predicted octanol–water partition coefficient (Wildman–Crippen LogP) is -0.0633. The van der Waals surface area contributed by atoms with Gasteiger partial charge in [0.1, 0.15) is 23.8 Å². The highest BCUT2D eigenvalue weighted by Gasteiger charge is 2.57. The molecule has 0 aliphatic carbocycles. The van der Waals surface area contributed by atoms with Crippen molar-refractivity contribution in [1.29, 1.82) is 0 Å². The second kappa shape index (κ2) is 9.73. The molecule has 1 saturated heterocycles. The van der Waals surface area contributed by atoms with Crippen LogP contribution in [0, 0.1) is 5.82 Å². The van der Waals surface area contributed by atoms with E-state index in [1.165, 1.54) is 0 Å². The zero-order valence-corrected chi connectivity index (χ0v) is 19.6. The second-order valence-electron chi connectivity index (χ2n) is 6.12. The fraction of sp³-hybridized carbons (Fsp3) is 0.600. The lowest BCUT2D eigenvalue weighted by Crippen LogP contribution is -2.47. The Morgan fingerprint density at radius 3 is 2.38 bits per heavy atom. The molecule has 0 spiro atoms. The number of aliphatic hydroxyl groups is 1. The molecular weight excluding hydrogens is 553 g/mol. The summed E-state index contributed by atoms with van der Waals surface area (Å²) < 4.78 is 68.0. The molecule has 0 bridgehead atoms. The maximum absolute atomic E-state index is 13.6. The molecule has 32 heavy (non-hydrogen) atoms. The molecule has 1 aromatic heterocycles. The molecule has 3 unspecified atom stereocenters. The first-order chi connectivity index (χ1) is 14.4. The van der Waals surface area contributed by atoms with Crippen LogP contribution in [0.4, 0.5) is 8.78 Å². The van der Waals surface area contributed by atoms with Crippen LogP contribution in [0.3, 0.4) is 0 Å². The summed E-state index contributed by atoms with van der Waals surface area (Å²) in [4.78, 5) is 58.8. The van der Waals surface area contributed by atoms with Crippen molar-refractivity contribution < 1.29 is 60.5 Å². The van der Waals surface area contributed by atoms with Gasteiger partial charge in [0.25, 0.3) is 12.8 Å². The topological polar surface area (TPSA) is 227 Å². The van der Waals surface area contributed by atoms with Crippen LogP contribution >= 0.6 is 43.0 Å². The molecular formula is C10H15ClF2N2O13P4. The van der Waals surface area contributed by atoms with E-state index in [0.717, 1.165) is 0 Å². The second-order valence-corrected chi connectivity index (χ2v) is 13.1. The molecule has 15 nitrogen and oxygen atoms in total. The van der Waals surface area contributed by atoms with Crippen LogP contribution in [0.2, 0.25) is 0 Å². The van der Waals surface area contributed by atoms with Gasteiger partial charge in [-0.05, 0) is 8.53 Å². The molecule has 0 radical (unpaired) electrons. The highest BCUT2D eigenvalue weighted by Crippen LogP contribution is 2.67. The van der Waals surface area contributed by atoms with E-state index < -0.39 is 76.5 Å². The van der Waals surface area contributed by atoms with Crippen LogP contribution in [-0.4, -0.2) is 64.6 Å². The molecule has 0 amide bonds. The minimum Gasteiger partial charge on any atom is -0.388 e. The number of halogens is 3. The highest BCUT2D eigenvalue weighted by atomic mass is 35.5. The molecule has 6 N–H and O–H groups in total. The SMILES string of the molecule is O=c1[nH]c(=O)n([C@@H]2O[C@H](COP(=O)(O)OP(=O)(O)OP(O)(O)=P)[C@H](O)C2(Cl)CF)cc1F. The minimum absolute atomic E-state index is 0.318. The third-order valence-corrected chi connectivity index (χ3v) is 8.87. The van der Waals surface area contributed by atoms with Gasteiger partial charge in [0.2, 0.25) is 5.82 Å². The summed E-state index contributed by atoms with van der Waals surface area (Å²) in [6.07, 6.45) is -5.50. The zero-order chi connectivity index (χ0) is 24.7. The number of aliphatic hydroxyl groups excluding tert-OH is 1. The van der Waals surface area contributed by atoms with Gasteiger partial charge in [-0.15, -0.1) is 11.6 Å². The van der Waals surface area contributed by atoms with Gasteiger partial charge in [-0.2, -0.15) is 8.70 Å². The van der Waals surface area contributed by atoms with Crippen molar-refractivity contribution in [3.8, 4) is 0 Å². The molecule has 2 heterocycles. The Balaban J connectivity index is 2.22. The molecule has 6 atom stereocenters. The number of nitrogens with one attached hydrogen (secondary N) is 1. The highest BCUT2D eigenvalue weighted by molar-refractivity contribution is 7.91.